The molecule has 5 rings (SSSR count). The first-order valence-corrected chi connectivity index (χ1v) is 11.4. The van der Waals surface area contributed by atoms with Crippen LogP contribution in [0.5, 0.6) is 0 Å². The van der Waals surface area contributed by atoms with E-state index in [0.29, 0.717) is 32.6 Å². The van der Waals surface area contributed by atoms with Crippen molar-refractivity contribution in [3.05, 3.63) is 65.0 Å². The summed E-state index contributed by atoms with van der Waals surface area (Å²) in [4.78, 5) is 13.8. The summed E-state index contributed by atoms with van der Waals surface area (Å²) in [6, 6.07) is 12.2. The number of likely N-dealkylation sites (tertiary alicyclic amines) is 1. The van der Waals surface area contributed by atoms with Gasteiger partial charge >= 0.3 is 0 Å². The number of aliphatic hydroxyl groups is 1. The molecule has 2 aromatic carbocycles. The van der Waals surface area contributed by atoms with E-state index < -0.39 is 11.9 Å². The average molecular weight is 441 g/mol. The Bertz CT molecular complexity index is 966. The fraction of sp³-hybridized carbons (Fsp3) is 0.480. The van der Waals surface area contributed by atoms with Crippen LogP contribution in [0.3, 0.4) is 0 Å². The third-order valence-electron chi connectivity index (χ3n) is 6.93. The van der Waals surface area contributed by atoms with E-state index >= 15 is 0 Å². The molecular formula is C25H29FN2O4. The third kappa shape index (κ3) is 4.18. The van der Waals surface area contributed by atoms with Gasteiger partial charge in [-0.25, -0.2) is 4.39 Å². The second-order valence-electron chi connectivity index (χ2n) is 8.93. The molecule has 7 heteroatoms. The normalized spacial score (nSPS) is 22.4. The standard InChI is InChI=1S/C25H29FN2O4/c26-21-5-3-19(4-6-21)25(31-13-14-32-25)20-9-11-28(12-10-20)16-23(29)18-1-7-22-17(15-18)2-8-24(30)27-22/h1,3-7,15,20,23,29H,2,8-14,16H2,(H,27,30). The summed E-state index contributed by atoms with van der Waals surface area (Å²) in [6.07, 6.45) is 2.36. The molecule has 2 saturated heterocycles. The zero-order valence-corrected chi connectivity index (χ0v) is 18.1. The van der Waals surface area contributed by atoms with Gasteiger partial charge in [-0.3, -0.25) is 4.79 Å². The average Bonchev–Trinajstić information content (AvgIpc) is 3.31. The minimum Gasteiger partial charge on any atom is -0.387 e. The number of benzene rings is 2. The number of amides is 1. The molecule has 0 bridgehead atoms. The first kappa shape index (κ1) is 21.5. The molecule has 2 aromatic rings. The Morgan fingerprint density at radius 2 is 1.81 bits per heavy atom. The van der Waals surface area contributed by atoms with Crippen LogP contribution < -0.4 is 5.32 Å². The quantitative estimate of drug-likeness (QED) is 0.746. The van der Waals surface area contributed by atoms with Gasteiger partial charge in [0.15, 0.2) is 5.79 Å². The maximum atomic E-state index is 13.4. The number of nitrogens with zero attached hydrogens (tertiary/aromatic N) is 1. The van der Waals surface area contributed by atoms with Gasteiger partial charge in [0.25, 0.3) is 0 Å². The van der Waals surface area contributed by atoms with E-state index in [0.717, 1.165) is 48.3 Å². The van der Waals surface area contributed by atoms with E-state index in [1.165, 1.54) is 12.1 Å². The van der Waals surface area contributed by atoms with Crippen molar-refractivity contribution < 1.29 is 23.8 Å². The molecule has 32 heavy (non-hydrogen) atoms. The van der Waals surface area contributed by atoms with Gasteiger partial charge in [-0.1, -0.05) is 24.3 Å². The van der Waals surface area contributed by atoms with Crippen molar-refractivity contribution in [1.82, 2.24) is 4.90 Å². The number of piperidine rings is 1. The van der Waals surface area contributed by atoms with Crippen LogP contribution in [0.4, 0.5) is 10.1 Å². The largest absolute Gasteiger partial charge is 0.387 e. The number of fused-ring (bicyclic) bond motifs is 1. The SMILES string of the molecule is O=C1CCc2cc(C(O)CN3CCC(C4(c5ccc(F)cc5)OCCO4)CC3)ccc2N1. The highest BCUT2D eigenvalue weighted by Crippen LogP contribution is 2.43. The lowest BCUT2D eigenvalue weighted by Gasteiger charge is -2.41. The predicted molar refractivity (Wildman–Crippen MR) is 117 cm³/mol. The molecule has 0 saturated carbocycles. The van der Waals surface area contributed by atoms with Gasteiger partial charge in [-0.15, -0.1) is 0 Å². The minimum atomic E-state index is -0.804. The van der Waals surface area contributed by atoms with Crippen molar-refractivity contribution in [2.75, 3.05) is 38.2 Å². The topological polar surface area (TPSA) is 71.0 Å². The first-order chi connectivity index (χ1) is 15.5. The Hall–Kier alpha value is -2.32. The zero-order chi connectivity index (χ0) is 22.1. The lowest BCUT2D eigenvalue weighted by molar-refractivity contribution is -0.214. The van der Waals surface area contributed by atoms with Crippen LogP contribution in [-0.2, 0) is 26.5 Å². The van der Waals surface area contributed by atoms with Gasteiger partial charge in [0, 0.05) is 30.1 Å². The van der Waals surface area contributed by atoms with Crippen molar-refractivity contribution in [1.29, 1.82) is 0 Å². The maximum absolute atomic E-state index is 13.4. The molecule has 3 aliphatic rings. The van der Waals surface area contributed by atoms with Crippen LogP contribution in [0.1, 0.15) is 42.1 Å². The van der Waals surface area contributed by atoms with Crippen LogP contribution in [0.2, 0.25) is 0 Å². The molecule has 3 aliphatic heterocycles. The van der Waals surface area contributed by atoms with Crippen molar-refractivity contribution in [2.45, 2.75) is 37.6 Å². The molecule has 1 amide bonds. The molecule has 1 unspecified atom stereocenters. The molecule has 3 heterocycles. The zero-order valence-electron chi connectivity index (χ0n) is 18.1. The smallest absolute Gasteiger partial charge is 0.224 e. The molecule has 170 valence electrons. The highest BCUT2D eigenvalue weighted by atomic mass is 19.1. The van der Waals surface area contributed by atoms with Crippen LogP contribution in [-0.4, -0.2) is 48.8 Å². The summed E-state index contributed by atoms with van der Waals surface area (Å²) >= 11 is 0. The fourth-order valence-corrected chi connectivity index (χ4v) is 5.20. The van der Waals surface area contributed by atoms with E-state index in [4.69, 9.17) is 9.47 Å². The summed E-state index contributed by atoms with van der Waals surface area (Å²) in [5, 5.41) is 13.7. The van der Waals surface area contributed by atoms with E-state index in [9.17, 15) is 14.3 Å². The Morgan fingerprint density at radius 1 is 1.09 bits per heavy atom. The number of nitrogens with one attached hydrogen (secondary N) is 1. The van der Waals surface area contributed by atoms with E-state index in [1.807, 2.05) is 18.2 Å². The number of ether oxygens (including phenoxy) is 2. The summed E-state index contributed by atoms with van der Waals surface area (Å²) in [5.41, 5.74) is 3.68. The molecule has 6 nitrogen and oxygen atoms in total. The second kappa shape index (κ2) is 8.90. The molecule has 0 aromatic heterocycles. The summed E-state index contributed by atoms with van der Waals surface area (Å²) < 4.78 is 25.7. The summed E-state index contributed by atoms with van der Waals surface area (Å²) in [7, 11) is 0. The van der Waals surface area contributed by atoms with Crippen LogP contribution in [0, 0.1) is 11.7 Å². The number of hydrogen-bond donors (Lipinski definition) is 2. The maximum Gasteiger partial charge on any atom is 0.224 e. The van der Waals surface area contributed by atoms with Crippen molar-refractivity contribution >= 4 is 11.6 Å². The number of hydrogen-bond acceptors (Lipinski definition) is 5. The number of halogens is 1. The highest BCUT2D eigenvalue weighted by molar-refractivity contribution is 5.93. The van der Waals surface area contributed by atoms with Crippen LogP contribution in [0.25, 0.3) is 0 Å². The Balaban J connectivity index is 1.22. The molecule has 1 atom stereocenters. The second-order valence-corrected chi connectivity index (χ2v) is 8.93. The number of carbonyl (C=O) groups excluding carboxylic acids is 1. The number of aryl methyl sites for hydroxylation is 1. The van der Waals surface area contributed by atoms with Gasteiger partial charge < -0.3 is 24.8 Å². The molecular weight excluding hydrogens is 411 g/mol. The monoisotopic (exact) mass is 440 g/mol. The minimum absolute atomic E-state index is 0.0438. The van der Waals surface area contributed by atoms with Crippen molar-refractivity contribution in [2.24, 2.45) is 5.92 Å². The third-order valence-corrected chi connectivity index (χ3v) is 6.93. The Kier molecular flexibility index (Phi) is 5.99. The number of β-amino-alcohol motifs (C(OH)–C–C–N with tert-alkyl or cyclic N) is 1. The summed E-state index contributed by atoms with van der Waals surface area (Å²) in [6.45, 7) is 3.30. The van der Waals surface area contributed by atoms with Gasteiger partial charge in [0.1, 0.15) is 5.82 Å². The van der Waals surface area contributed by atoms with Gasteiger partial charge in [0.05, 0.1) is 19.3 Å². The number of carbonyl (C=O) groups is 1. The van der Waals surface area contributed by atoms with E-state index in [1.54, 1.807) is 12.1 Å². The van der Waals surface area contributed by atoms with Crippen LogP contribution in [0.15, 0.2) is 42.5 Å². The molecule has 0 aliphatic carbocycles. The first-order valence-electron chi connectivity index (χ1n) is 11.4. The van der Waals surface area contributed by atoms with Gasteiger partial charge in [-0.05, 0) is 61.7 Å². The molecule has 0 radical (unpaired) electrons. The van der Waals surface area contributed by atoms with E-state index in [-0.39, 0.29) is 17.6 Å². The van der Waals surface area contributed by atoms with Gasteiger partial charge in [0.2, 0.25) is 5.91 Å². The number of anilines is 1. The molecule has 2 fully saturated rings. The summed E-state index contributed by atoms with van der Waals surface area (Å²) in [5.74, 6) is -0.852. The lowest BCUT2D eigenvalue weighted by atomic mass is 9.84. The highest BCUT2D eigenvalue weighted by Gasteiger charge is 2.47. The lowest BCUT2D eigenvalue weighted by Crippen LogP contribution is -2.45. The molecule has 2 N–H and O–H groups in total. The van der Waals surface area contributed by atoms with Gasteiger partial charge in [-0.2, -0.15) is 0 Å². The number of aliphatic hydroxyl groups excluding tert-OH is 1. The Labute approximate surface area is 187 Å². The van der Waals surface area contributed by atoms with Crippen molar-refractivity contribution in [3.8, 4) is 0 Å². The van der Waals surface area contributed by atoms with Crippen molar-refractivity contribution in [3.63, 3.8) is 0 Å². The van der Waals surface area contributed by atoms with E-state index in [2.05, 4.69) is 10.2 Å². The predicted octanol–water partition coefficient (Wildman–Crippen LogP) is 3.36. The molecule has 0 spiro atoms. The number of rotatable bonds is 5. The van der Waals surface area contributed by atoms with Crippen LogP contribution >= 0.6 is 0 Å². The Morgan fingerprint density at radius 3 is 2.53 bits per heavy atom. The fourth-order valence-electron chi connectivity index (χ4n) is 5.20.